The van der Waals surface area contributed by atoms with Crippen molar-refractivity contribution in [1.82, 2.24) is 0 Å². The third-order valence-electron chi connectivity index (χ3n) is 3.28. The third-order valence-corrected chi connectivity index (χ3v) is 4.71. The van der Waals surface area contributed by atoms with Crippen molar-refractivity contribution in [3.63, 3.8) is 0 Å². The summed E-state index contributed by atoms with van der Waals surface area (Å²) in [4.78, 5) is 45.8. The topological polar surface area (TPSA) is 114 Å². The molecule has 26 heavy (non-hydrogen) atoms. The molecular weight excluding hydrogens is 368 g/mol. The summed E-state index contributed by atoms with van der Waals surface area (Å²) in [5.41, 5.74) is -0.694. The minimum atomic E-state index is -1.10. The molecule has 1 saturated heterocycles. The maximum atomic E-state index is 11.6. The Morgan fingerprint density at radius 3 is 1.73 bits per heavy atom. The molecule has 5 atom stereocenters. The summed E-state index contributed by atoms with van der Waals surface area (Å²) in [7, 11) is 0. The molecular formula is C16H24O9S. The molecule has 0 bridgehead atoms. The first-order chi connectivity index (χ1) is 12.1. The molecule has 1 rings (SSSR count). The van der Waals surface area contributed by atoms with Gasteiger partial charge in [-0.15, -0.1) is 11.8 Å². The fourth-order valence-corrected chi connectivity index (χ4v) is 3.92. The van der Waals surface area contributed by atoms with E-state index in [1.807, 2.05) is 0 Å². The molecule has 0 amide bonds. The Labute approximate surface area is 156 Å². The number of thioether (sulfide) groups is 1. The van der Waals surface area contributed by atoms with Crippen LogP contribution in [0.4, 0.5) is 0 Å². The van der Waals surface area contributed by atoms with E-state index in [0.29, 0.717) is 6.61 Å². The van der Waals surface area contributed by atoms with Crippen molar-refractivity contribution in [1.29, 1.82) is 0 Å². The van der Waals surface area contributed by atoms with Gasteiger partial charge in [0.15, 0.2) is 18.3 Å². The van der Waals surface area contributed by atoms with E-state index in [1.165, 1.54) is 39.5 Å². The number of ether oxygens (including phenoxy) is 5. The van der Waals surface area contributed by atoms with Gasteiger partial charge in [0.1, 0.15) is 12.0 Å². The van der Waals surface area contributed by atoms with E-state index in [4.69, 9.17) is 23.7 Å². The predicted octanol–water partition coefficient (Wildman–Crippen LogP) is 0.823. The SMILES string of the molecule is CCOC1S[C@@H](COC(C)=O)[C@H](OC(C)=O)[C@H](OC(C)=O)[C@H]1OC(C)=O. The monoisotopic (exact) mass is 392 g/mol. The summed E-state index contributed by atoms with van der Waals surface area (Å²) >= 11 is 1.18. The summed E-state index contributed by atoms with van der Waals surface area (Å²) in [6.45, 7) is 6.82. The van der Waals surface area contributed by atoms with Gasteiger partial charge < -0.3 is 23.7 Å². The van der Waals surface area contributed by atoms with Gasteiger partial charge in [0.05, 0.1) is 5.25 Å². The maximum absolute atomic E-state index is 11.6. The van der Waals surface area contributed by atoms with Gasteiger partial charge in [-0.05, 0) is 6.92 Å². The van der Waals surface area contributed by atoms with Gasteiger partial charge in [0.25, 0.3) is 0 Å². The lowest BCUT2D eigenvalue weighted by Crippen LogP contribution is -2.59. The molecule has 1 aliphatic heterocycles. The summed E-state index contributed by atoms with van der Waals surface area (Å²) in [5.74, 6) is -2.36. The molecule has 0 radical (unpaired) electrons. The van der Waals surface area contributed by atoms with Gasteiger partial charge in [-0.1, -0.05) is 0 Å². The highest BCUT2D eigenvalue weighted by Gasteiger charge is 2.52. The van der Waals surface area contributed by atoms with E-state index in [-0.39, 0.29) is 6.61 Å². The second-order valence-corrected chi connectivity index (χ2v) is 6.87. The summed E-state index contributed by atoms with van der Waals surface area (Å²) in [6.07, 6.45) is -3.07. The van der Waals surface area contributed by atoms with E-state index < -0.39 is 52.9 Å². The van der Waals surface area contributed by atoms with E-state index >= 15 is 0 Å². The highest BCUT2D eigenvalue weighted by atomic mass is 32.2. The fourth-order valence-electron chi connectivity index (χ4n) is 2.49. The van der Waals surface area contributed by atoms with Crippen LogP contribution in [0.2, 0.25) is 0 Å². The Morgan fingerprint density at radius 1 is 0.769 bits per heavy atom. The minimum absolute atomic E-state index is 0.0912. The number of hydrogen-bond donors (Lipinski definition) is 0. The molecule has 1 fully saturated rings. The molecule has 1 unspecified atom stereocenters. The first-order valence-electron chi connectivity index (χ1n) is 8.07. The van der Waals surface area contributed by atoms with Crippen LogP contribution in [-0.4, -0.2) is 66.1 Å². The zero-order valence-electron chi connectivity index (χ0n) is 15.4. The second-order valence-electron chi connectivity index (χ2n) is 5.52. The second kappa shape index (κ2) is 10.4. The van der Waals surface area contributed by atoms with Crippen LogP contribution in [0.3, 0.4) is 0 Å². The predicted molar refractivity (Wildman–Crippen MR) is 90.1 cm³/mol. The third kappa shape index (κ3) is 6.83. The largest absolute Gasteiger partial charge is 0.465 e. The Morgan fingerprint density at radius 2 is 1.27 bits per heavy atom. The maximum Gasteiger partial charge on any atom is 0.303 e. The summed E-state index contributed by atoms with van der Waals surface area (Å²) < 4.78 is 26.6. The summed E-state index contributed by atoms with van der Waals surface area (Å²) in [5, 5.41) is -0.574. The zero-order chi connectivity index (χ0) is 19.9. The van der Waals surface area contributed by atoms with Crippen molar-refractivity contribution in [2.75, 3.05) is 13.2 Å². The van der Waals surface area contributed by atoms with Crippen LogP contribution < -0.4 is 0 Å². The smallest absolute Gasteiger partial charge is 0.303 e. The first kappa shape index (κ1) is 22.2. The molecule has 10 heteroatoms. The molecule has 148 valence electrons. The molecule has 0 saturated carbocycles. The van der Waals surface area contributed by atoms with Crippen LogP contribution >= 0.6 is 11.8 Å². The van der Waals surface area contributed by atoms with E-state index in [1.54, 1.807) is 6.92 Å². The van der Waals surface area contributed by atoms with E-state index in [9.17, 15) is 19.2 Å². The highest BCUT2D eigenvalue weighted by molar-refractivity contribution is 8.00. The normalized spacial score (nSPS) is 28.0. The van der Waals surface area contributed by atoms with Gasteiger partial charge in [0, 0.05) is 34.3 Å². The van der Waals surface area contributed by atoms with Crippen molar-refractivity contribution in [3.05, 3.63) is 0 Å². The van der Waals surface area contributed by atoms with Gasteiger partial charge >= 0.3 is 23.9 Å². The Hall–Kier alpha value is -1.81. The zero-order valence-corrected chi connectivity index (χ0v) is 16.2. The van der Waals surface area contributed by atoms with Crippen molar-refractivity contribution < 1.29 is 42.9 Å². The number of carbonyl (C=O) groups is 4. The van der Waals surface area contributed by atoms with Crippen LogP contribution in [-0.2, 0) is 42.9 Å². The van der Waals surface area contributed by atoms with Gasteiger partial charge in [0.2, 0.25) is 0 Å². The first-order valence-corrected chi connectivity index (χ1v) is 9.02. The van der Waals surface area contributed by atoms with E-state index in [2.05, 4.69) is 0 Å². The van der Waals surface area contributed by atoms with Crippen molar-refractivity contribution in [3.8, 4) is 0 Å². The summed E-state index contributed by atoms with van der Waals surface area (Å²) in [6, 6.07) is 0. The van der Waals surface area contributed by atoms with Crippen LogP contribution in [0.15, 0.2) is 0 Å². The van der Waals surface area contributed by atoms with Gasteiger partial charge in [-0.2, -0.15) is 0 Å². The number of hydrogen-bond acceptors (Lipinski definition) is 10. The Bertz CT molecular complexity index is 536. The van der Waals surface area contributed by atoms with Gasteiger partial charge in [-0.3, -0.25) is 19.2 Å². The quantitative estimate of drug-likeness (QED) is 0.455. The van der Waals surface area contributed by atoms with Crippen LogP contribution in [0.1, 0.15) is 34.6 Å². The van der Waals surface area contributed by atoms with E-state index in [0.717, 1.165) is 0 Å². The van der Waals surface area contributed by atoms with Crippen LogP contribution in [0.25, 0.3) is 0 Å². The Balaban J connectivity index is 3.22. The van der Waals surface area contributed by atoms with Crippen LogP contribution in [0.5, 0.6) is 0 Å². The van der Waals surface area contributed by atoms with Crippen LogP contribution in [0, 0.1) is 0 Å². The lowest BCUT2D eigenvalue weighted by atomic mass is 10.0. The standard InChI is InChI=1S/C16H24O9S/c1-6-21-16-15(25-11(5)20)14(24-10(4)19)13(23-9(3)18)12(26-16)7-22-8(2)17/h12-16H,6-7H2,1-5H3/t12-,13-,14-,15+,16?/m0/s1. The lowest BCUT2D eigenvalue weighted by Gasteiger charge is -2.43. The van der Waals surface area contributed by atoms with Crippen molar-refractivity contribution >= 4 is 35.6 Å². The molecule has 0 aromatic rings. The molecule has 1 heterocycles. The molecule has 0 aromatic carbocycles. The molecule has 0 aliphatic carbocycles. The average molecular weight is 392 g/mol. The lowest BCUT2D eigenvalue weighted by molar-refractivity contribution is -0.193. The average Bonchev–Trinajstić information content (AvgIpc) is 2.50. The van der Waals surface area contributed by atoms with Crippen molar-refractivity contribution in [2.24, 2.45) is 0 Å². The fraction of sp³-hybridized carbons (Fsp3) is 0.750. The minimum Gasteiger partial charge on any atom is -0.465 e. The number of carbonyl (C=O) groups excluding carboxylic acids is 4. The molecule has 9 nitrogen and oxygen atoms in total. The number of esters is 4. The van der Waals surface area contributed by atoms with Crippen molar-refractivity contribution in [2.45, 2.75) is 63.6 Å². The molecule has 0 aromatic heterocycles. The Kier molecular flexibility index (Phi) is 8.86. The molecule has 0 spiro atoms. The molecule has 0 N–H and O–H groups in total. The highest BCUT2D eigenvalue weighted by Crippen LogP contribution is 2.38. The van der Waals surface area contributed by atoms with Gasteiger partial charge in [-0.25, -0.2) is 0 Å². The molecule has 1 aliphatic rings. The number of rotatable bonds is 7.